The third-order valence-corrected chi connectivity index (χ3v) is 5.47. The van der Waals surface area contributed by atoms with E-state index in [4.69, 9.17) is 9.73 Å². The Labute approximate surface area is 201 Å². The molecule has 6 nitrogen and oxygen atoms in total. The van der Waals surface area contributed by atoms with Gasteiger partial charge in [0, 0.05) is 56.1 Å². The van der Waals surface area contributed by atoms with Crippen LogP contribution in [0, 0.1) is 0 Å². The van der Waals surface area contributed by atoms with E-state index in [0.29, 0.717) is 6.54 Å². The minimum absolute atomic E-state index is 0. The fraction of sp³-hybridized carbons (Fsp3) is 0.333. The Morgan fingerprint density at radius 3 is 2.65 bits per heavy atom. The van der Waals surface area contributed by atoms with Crippen molar-refractivity contribution in [2.45, 2.75) is 13.5 Å². The number of methoxy groups -OCH3 is 1. The molecule has 2 heterocycles. The lowest BCUT2D eigenvalue weighted by molar-refractivity contribution is 0.372. The first-order chi connectivity index (χ1) is 14.8. The van der Waals surface area contributed by atoms with Gasteiger partial charge in [0.15, 0.2) is 5.96 Å². The summed E-state index contributed by atoms with van der Waals surface area (Å²) in [6.45, 7) is 7.27. The van der Waals surface area contributed by atoms with E-state index in [1.165, 1.54) is 16.5 Å². The highest BCUT2D eigenvalue weighted by Gasteiger charge is 2.20. The molecule has 1 aliphatic heterocycles. The summed E-state index contributed by atoms with van der Waals surface area (Å²) < 4.78 is 5.37. The SMILES string of the molecule is CCNC(=NCc1nccc2ccccc12)N1CCN(c2cccc(OC)c2)CC1.I. The maximum absolute atomic E-state index is 5.37. The van der Waals surface area contributed by atoms with Crippen LogP contribution < -0.4 is 15.0 Å². The summed E-state index contributed by atoms with van der Waals surface area (Å²) in [5, 5.41) is 5.83. The second-order valence-corrected chi connectivity index (χ2v) is 7.32. The number of rotatable bonds is 5. The number of nitrogens with zero attached hydrogens (tertiary/aromatic N) is 4. The fourth-order valence-electron chi connectivity index (χ4n) is 3.87. The van der Waals surface area contributed by atoms with E-state index in [0.717, 1.165) is 50.1 Å². The molecule has 31 heavy (non-hydrogen) atoms. The average Bonchev–Trinajstić information content (AvgIpc) is 2.82. The van der Waals surface area contributed by atoms with Gasteiger partial charge in [0.2, 0.25) is 0 Å². The molecule has 1 N–H and O–H groups in total. The third kappa shape index (κ3) is 5.58. The van der Waals surface area contributed by atoms with Crippen LogP contribution in [0.2, 0.25) is 0 Å². The zero-order valence-corrected chi connectivity index (χ0v) is 20.5. The summed E-state index contributed by atoms with van der Waals surface area (Å²) >= 11 is 0. The lowest BCUT2D eigenvalue weighted by Crippen LogP contribution is -2.52. The van der Waals surface area contributed by atoms with E-state index in [-0.39, 0.29) is 24.0 Å². The Morgan fingerprint density at radius 1 is 1.06 bits per heavy atom. The Kier molecular flexibility index (Phi) is 8.34. The number of halogens is 1. The molecule has 0 atom stereocenters. The van der Waals surface area contributed by atoms with Crippen molar-refractivity contribution in [3.05, 3.63) is 66.5 Å². The van der Waals surface area contributed by atoms with Gasteiger partial charge in [0.05, 0.1) is 19.3 Å². The highest BCUT2D eigenvalue weighted by Crippen LogP contribution is 2.22. The van der Waals surface area contributed by atoms with Crippen molar-refractivity contribution in [2.75, 3.05) is 44.7 Å². The normalized spacial score (nSPS) is 14.3. The molecule has 0 aliphatic carbocycles. The maximum atomic E-state index is 5.37. The molecule has 0 bridgehead atoms. The van der Waals surface area contributed by atoms with Crippen LogP contribution in [0.1, 0.15) is 12.6 Å². The van der Waals surface area contributed by atoms with E-state index in [9.17, 15) is 0 Å². The molecule has 0 saturated carbocycles. The first kappa shape index (κ1) is 23.1. The Hall–Kier alpha value is -2.55. The van der Waals surface area contributed by atoms with Gasteiger partial charge in [-0.2, -0.15) is 0 Å². The number of fused-ring (bicyclic) bond motifs is 1. The molecule has 1 saturated heterocycles. The molecule has 3 aromatic rings. The number of aliphatic imine (C=N–C) groups is 1. The van der Waals surface area contributed by atoms with Crippen molar-refractivity contribution in [2.24, 2.45) is 4.99 Å². The molecular weight excluding hydrogens is 501 g/mol. The lowest BCUT2D eigenvalue weighted by Gasteiger charge is -2.37. The van der Waals surface area contributed by atoms with Gasteiger partial charge in [-0.1, -0.05) is 30.3 Å². The molecule has 0 amide bonds. The quantitative estimate of drug-likeness (QED) is 0.305. The van der Waals surface area contributed by atoms with Crippen molar-refractivity contribution in [1.29, 1.82) is 0 Å². The number of aromatic nitrogens is 1. The first-order valence-corrected chi connectivity index (χ1v) is 10.5. The summed E-state index contributed by atoms with van der Waals surface area (Å²) in [4.78, 5) is 14.2. The average molecular weight is 531 g/mol. The highest BCUT2D eigenvalue weighted by molar-refractivity contribution is 14.0. The molecule has 1 aliphatic rings. The van der Waals surface area contributed by atoms with E-state index in [1.807, 2.05) is 24.4 Å². The third-order valence-electron chi connectivity index (χ3n) is 5.47. The number of hydrogen-bond acceptors (Lipinski definition) is 4. The molecule has 0 radical (unpaired) electrons. The largest absolute Gasteiger partial charge is 0.497 e. The Bertz CT molecular complexity index is 1010. The monoisotopic (exact) mass is 531 g/mol. The Morgan fingerprint density at radius 2 is 1.87 bits per heavy atom. The first-order valence-electron chi connectivity index (χ1n) is 10.5. The second kappa shape index (κ2) is 11.2. The number of anilines is 1. The molecule has 4 rings (SSSR count). The van der Waals surface area contributed by atoms with Crippen LogP contribution >= 0.6 is 24.0 Å². The summed E-state index contributed by atoms with van der Waals surface area (Å²) in [6, 6.07) is 18.7. The van der Waals surface area contributed by atoms with Crippen molar-refractivity contribution < 1.29 is 4.74 Å². The minimum Gasteiger partial charge on any atom is -0.497 e. The zero-order valence-electron chi connectivity index (χ0n) is 18.1. The predicted octanol–water partition coefficient (Wildman–Crippen LogP) is 4.15. The molecule has 2 aromatic carbocycles. The maximum Gasteiger partial charge on any atom is 0.194 e. The number of hydrogen-bond donors (Lipinski definition) is 1. The van der Waals surface area contributed by atoms with Crippen molar-refractivity contribution in [1.82, 2.24) is 15.2 Å². The fourth-order valence-corrected chi connectivity index (χ4v) is 3.87. The standard InChI is InChI=1S/C24H29N5O.HI/c1-3-25-24(27-18-23-22-10-5-4-7-19(22)11-12-26-23)29-15-13-28(14-16-29)20-8-6-9-21(17-20)30-2;/h4-12,17H,3,13-16,18H2,1-2H3,(H,25,27);1H. The van der Waals surface area contributed by atoms with Gasteiger partial charge in [0.1, 0.15) is 5.75 Å². The van der Waals surface area contributed by atoms with Crippen molar-refractivity contribution >= 4 is 46.4 Å². The number of guanidine groups is 1. The second-order valence-electron chi connectivity index (χ2n) is 7.32. The van der Waals surface area contributed by atoms with Gasteiger partial charge in [-0.3, -0.25) is 4.98 Å². The zero-order chi connectivity index (χ0) is 20.8. The van der Waals surface area contributed by atoms with Crippen molar-refractivity contribution in [3.63, 3.8) is 0 Å². The van der Waals surface area contributed by atoms with E-state index in [1.54, 1.807) is 7.11 Å². The van der Waals surface area contributed by atoms with Gasteiger partial charge < -0.3 is 19.9 Å². The smallest absolute Gasteiger partial charge is 0.194 e. The minimum atomic E-state index is 0. The number of nitrogens with one attached hydrogen (secondary N) is 1. The summed E-state index contributed by atoms with van der Waals surface area (Å²) in [5.41, 5.74) is 2.22. The molecule has 1 aromatic heterocycles. The van der Waals surface area contributed by atoms with Crippen LogP contribution in [-0.2, 0) is 6.54 Å². The van der Waals surface area contributed by atoms with Gasteiger partial charge in [0.25, 0.3) is 0 Å². The van der Waals surface area contributed by atoms with Crippen LogP contribution in [0.15, 0.2) is 65.8 Å². The van der Waals surface area contributed by atoms with Crippen molar-refractivity contribution in [3.8, 4) is 5.75 Å². The van der Waals surface area contributed by atoms with E-state index >= 15 is 0 Å². The number of benzene rings is 2. The predicted molar refractivity (Wildman–Crippen MR) is 139 cm³/mol. The molecule has 0 unspecified atom stereocenters. The van der Waals surface area contributed by atoms with Gasteiger partial charge in [-0.25, -0.2) is 4.99 Å². The number of pyridine rings is 1. The van der Waals surface area contributed by atoms with Crippen LogP contribution in [0.4, 0.5) is 5.69 Å². The Balaban J connectivity index is 0.00000272. The molecule has 164 valence electrons. The number of piperazine rings is 1. The van der Waals surface area contributed by atoms with Crippen LogP contribution in [0.5, 0.6) is 5.75 Å². The number of ether oxygens (including phenoxy) is 1. The topological polar surface area (TPSA) is 53.0 Å². The summed E-state index contributed by atoms with van der Waals surface area (Å²) in [5.74, 6) is 1.85. The highest BCUT2D eigenvalue weighted by atomic mass is 127. The van der Waals surface area contributed by atoms with Crippen LogP contribution in [-0.4, -0.2) is 55.7 Å². The van der Waals surface area contributed by atoms with E-state index in [2.05, 4.69) is 63.4 Å². The van der Waals surface area contributed by atoms with Gasteiger partial charge in [-0.05, 0) is 30.5 Å². The van der Waals surface area contributed by atoms with Gasteiger partial charge in [-0.15, -0.1) is 24.0 Å². The summed E-state index contributed by atoms with van der Waals surface area (Å²) in [7, 11) is 1.71. The molecule has 0 spiro atoms. The molecular formula is C24H30IN5O. The molecule has 1 fully saturated rings. The lowest BCUT2D eigenvalue weighted by atomic mass is 10.1. The van der Waals surface area contributed by atoms with Gasteiger partial charge >= 0.3 is 0 Å². The van der Waals surface area contributed by atoms with E-state index < -0.39 is 0 Å². The molecule has 7 heteroatoms. The summed E-state index contributed by atoms with van der Waals surface area (Å²) in [6.07, 6.45) is 1.87. The van der Waals surface area contributed by atoms with Crippen LogP contribution in [0.3, 0.4) is 0 Å². The van der Waals surface area contributed by atoms with Crippen LogP contribution in [0.25, 0.3) is 10.8 Å².